The molecule has 1 heterocycles. The number of rotatable bonds is 6. The van der Waals surface area contributed by atoms with Crippen molar-refractivity contribution in [3.63, 3.8) is 0 Å². The van der Waals surface area contributed by atoms with Crippen molar-refractivity contribution >= 4 is 22.7 Å². The van der Waals surface area contributed by atoms with Crippen molar-refractivity contribution < 1.29 is 14.4 Å². The molecule has 0 aliphatic heterocycles. The normalized spacial score (nSPS) is 10.2. The molecule has 0 aliphatic carbocycles. The summed E-state index contributed by atoms with van der Waals surface area (Å²) >= 11 is 1.50. The molecule has 1 aromatic heterocycles. The number of methoxy groups -OCH3 is 2. The maximum absolute atomic E-state index is 11.2. The van der Waals surface area contributed by atoms with Crippen LogP contribution in [0.3, 0.4) is 0 Å². The van der Waals surface area contributed by atoms with Crippen molar-refractivity contribution in [2.75, 3.05) is 19.5 Å². The number of aromatic nitrogens is 1. The predicted octanol–water partition coefficient (Wildman–Crippen LogP) is 2.99. The van der Waals surface area contributed by atoms with E-state index in [1.807, 2.05) is 12.3 Å². The molecule has 0 saturated carbocycles. The average molecular weight is 309 g/mol. The molecule has 0 atom stereocenters. The number of ether oxygens (including phenoxy) is 2. The van der Waals surface area contributed by atoms with Crippen LogP contribution in [0.2, 0.25) is 0 Å². The van der Waals surface area contributed by atoms with Gasteiger partial charge in [-0.25, -0.2) is 4.98 Å². The Hall–Kier alpha value is -2.35. The second kappa shape index (κ2) is 6.40. The highest BCUT2D eigenvalue weighted by molar-refractivity contribution is 7.09. The van der Waals surface area contributed by atoms with E-state index in [4.69, 9.17) is 9.47 Å². The maximum Gasteiger partial charge on any atom is 0.296 e. The minimum Gasteiger partial charge on any atom is -0.493 e. The molecule has 0 saturated heterocycles. The van der Waals surface area contributed by atoms with Gasteiger partial charge in [0.25, 0.3) is 5.69 Å². The number of aryl methyl sites for hydroxylation is 1. The van der Waals surface area contributed by atoms with Crippen molar-refractivity contribution in [2.24, 2.45) is 0 Å². The summed E-state index contributed by atoms with van der Waals surface area (Å²) in [5, 5.41) is 17.0. The van der Waals surface area contributed by atoms with Crippen LogP contribution in [0.4, 0.5) is 11.4 Å². The molecule has 21 heavy (non-hydrogen) atoms. The van der Waals surface area contributed by atoms with Gasteiger partial charge < -0.3 is 14.8 Å². The average Bonchev–Trinajstić information content (AvgIpc) is 2.89. The number of thiazole rings is 1. The second-order valence-electron chi connectivity index (χ2n) is 4.22. The highest BCUT2D eigenvalue weighted by Crippen LogP contribution is 2.37. The van der Waals surface area contributed by atoms with Crippen LogP contribution in [-0.4, -0.2) is 24.1 Å². The van der Waals surface area contributed by atoms with Gasteiger partial charge in [0.05, 0.1) is 31.8 Å². The molecule has 2 aromatic rings. The summed E-state index contributed by atoms with van der Waals surface area (Å²) in [6.45, 7) is 2.31. The van der Waals surface area contributed by atoms with Gasteiger partial charge in [-0.1, -0.05) is 0 Å². The third-order valence-electron chi connectivity index (χ3n) is 2.80. The summed E-state index contributed by atoms with van der Waals surface area (Å²) in [6.07, 6.45) is 0. The second-order valence-corrected chi connectivity index (χ2v) is 5.16. The van der Waals surface area contributed by atoms with Crippen molar-refractivity contribution in [1.29, 1.82) is 0 Å². The lowest BCUT2D eigenvalue weighted by Gasteiger charge is -2.11. The Bertz CT molecular complexity index is 657. The first kappa shape index (κ1) is 15.0. The molecule has 0 spiro atoms. The Morgan fingerprint density at radius 3 is 2.52 bits per heavy atom. The molecule has 1 aromatic carbocycles. The summed E-state index contributed by atoms with van der Waals surface area (Å²) in [6, 6.07) is 2.89. The van der Waals surface area contributed by atoms with E-state index in [1.165, 1.54) is 31.6 Å². The van der Waals surface area contributed by atoms with E-state index in [1.54, 1.807) is 6.07 Å². The fraction of sp³-hybridized carbons (Fsp3) is 0.308. The Kier molecular flexibility index (Phi) is 4.59. The number of hydrogen-bond acceptors (Lipinski definition) is 7. The standard InChI is InChI=1S/C13H15N3O4S/c1-8-7-21-13(15-8)6-14-9-4-11(19-2)12(20-3)5-10(9)16(17)18/h4-5,7,14H,6H2,1-3H3. The molecule has 0 bridgehead atoms. The molecule has 0 fully saturated rings. The first-order valence-corrected chi connectivity index (χ1v) is 6.98. The number of nitrogens with one attached hydrogen (secondary N) is 1. The summed E-state index contributed by atoms with van der Waals surface area (Å²) < 4.78 is 10.2. The lowest BCUT2D eigenvalue weighted by atomic mass is 10.2. The van der Waals surface area contributed by atoms with E-state index in [9.17, 15) is 10.1 Å². The van der Waals surface area contributed by atoms with Gasteiger partial charge in [0.1, 0.15) is 10.7 Å². The van der Waals surface area contributed by atoms with Crippen LogP contribution in [0.25, 0.3) is 0 Å². The van der Waals surface area contributed by atoms with Gasteiger partial charge in [-0.2, -0.15) is 0 Å². The minimum absolute atomic E-state index is 0.0686. The van der Waals surface area contributed by atoms with Gasteiger partial charge >= 0.3 is 0 Å². The van der Waals surface area contributed by atoms with Crippen molar-refractivity contribution in [1.82, 2.24) is 4.98 Å². The molecular formula is C13H15N3O4S. The number of nitrogens with zero attached hydrogens (tertiary/aromatic N) is 2. The molecule has 2 rings (SSSR count). The molecule has 0 unspecified atom stereocenters. The van der Waals surface area contributed by atoms with Crippen molar-refractivity contribution in [3.8, 4) is 11.5 Å². The Morgan fingerprint density at radius 2 is 2.00 bits per heavy atom. The number of benzene rings is 1. The van der Waals surface area contributed by atoms with E-state index in [2.05, 4.69) is 10.3 Å². The van der Waals surface area contributed by atoms with Crippen LogP contribution >= 0.6 is 11.3 Å². The highest BCUT2D eigenvalue weighted by Gasteiger charge is 2.19. The summed E-state index contributed by atoms with van der Waals surface area (Å²) in [7, 11) is 2.92. The van der Waals surface area contributed by atoms with E-state index in [0.717, 1.165) is 10.7 Å². The van der Waals surface area contributed by atoms with Crippen LogP contribution < -0.4 is 14.8 Å². The molecule has 8 heteroatoms. The molecule has 1 N–H and O–H groups in total. The monoisotopic (exact) mass is 309 g/mol. The topological polar surface area (TPSA) is 86.5 Å². The molecule has 0 amide bonds. The van der Waals surface area contributed by atoms with E-state index < -0.39 is 4.92 Å². The number of nitro benzene ring substituents is 1. The predicted molar refractivity (Wildman–Crippen MR) is 80.4 cm³/mol. The molecular weight excluding hydrogens is 294 g/mol. The Balaban J connectivity index is 2.29. The number of nitro groups is 1. The largest absolute Gasteiger partial charge is 0.493 e. The van der Waals surface area contributed by atoms with Crippen LogP contribution in [0.15, 0.2) is 17.5 Å². The lowest BCUT2D eigenvalue weighted by molar-refractivity contribution is -0.384. The van der Waals surface area contributed by atoms with Gasteiger partial charge in [-0.05, 0) is 6.92 Å². The zero-order chi connectivity index (χ0) is 15.4. The zero-order valence-corrected chi connectivity index (χ0v) is 12.7. The van der Waals surface area contributed by atoms with Crippen molar-refractivity contribution in [2.45, 2.75) is 13.5 Å². The van der Waals surface area contributed by atoms with Crippen LogP contribution in [0.1, 0.15) is 10.7 Å². The van der Waals surface area contributed by atoms with E-state index in [0.29, 0.717) is 23.7 Å². The van der Waals surface area contributed by atoms with Crippen molar-refractivity contribution in [3.05, 3.63) is 38.3 Å². The molecule has 112 valence electrons. The fourth-order valence-electron chi connectivity index (χ4n) is 1.82. The Morgan fingerprint density at radius 1 is 1.33 bits per heavy atom. The zero-order valence-electron chi connectivity index (χ0n) is 11.9. The molecule has 7 nitrogen and oxygen atoms in total. The maximum atomic E-state index is 11.2. The summed E-state index contributed by atoms with van der Waals surface area (Å²) in [5.41, 5.74) is 1.23. The third kappa shape index (κ3) is 3.40. The fourth-order valence-corrected chi connectivity index (χ4v) is 2.53. The smallest absolute Gasteiger partial charge is 0.296 e. The summed E-state index contributed by atoms with van der Waals surface area (Å²) in [4.78, 5) is 15.0. The van der Waals surface area contributed by atoms with Gasteiger partial charge in [0.2, 0.25) is 0 Å². The first-order chi connectivity index (χ1) is 10.0. The van der Waals surface area contributed by atoms with Gasteiger partial charge in [-0.3, -0.25) is 10.1 Å². The van der Waals surface area contributed by atoms with Gasteiger partial charge in [0, 0.05) is 17.1 Å². The molecule has 0 aliphatic rings. The van der Waals surface area contributed by atoms with E-state index in [-0.39, 0.29) is 5.69 Å². The van der Waals surface area contributed by atoms with Crippen LogP contribution in [0, 0.1) is 17.0 Å². The van der Waals surface area contributed by atoms with Crippen LogP contribution in [-0.2, 0) is 6.54 Å². The summed E-state index contributed by atoms with van der Waals surface area (Å²) in [5.74, 6) is 0.751. The quantitative estimate of drug-likeness (QED) is 0.652. The van der Waals surface area contributed by atoms with Gasteiger partial charge in [-0.15, -0.1) is 11.3 Å². The lowest BCUT2D eigenvalue weighted by Crippen LogP contribution is -2.04. The van der Waals surface area contributed by atoms with E-state index >= 15 is 0 Å². The first-order valence-electron chi connectivity index (χ1n) is 6.10. The highest BCUT2D eigenvalue weighted by atomic mass is 32.1. The minimum atomic E-state index is -0.461. The molecule has 0 radical (unpaired) electrons. The Labute approximate surface area is 125 Å². The number of anilines is 1. The number of hydrogen-bond donors (Lipinski definition) is 1. The van der Waals surface area contributed by atoms with Crippen LogP contribution in [0.5, 0.6) is 11.5 Å². The van der Waals surface area contributed by atoms with Gasteiger partial charge in [0.15, 0.2) is 11.5 Å². The SMILES string of the molecule is COc1cc(NCc2nc(C)cs2)c([N+](=O)[O-])cc1OC. The third-order valence-corrected chi connectivity index (χ3v) is 3.76.